The first-order chi connectivity index (χ1) is 8.55. The van der Waals surface area contributed by atoms with Crippen molar-refractivity contribution < 1.29 is 31.9 Å². The van der Waals surface area contributed by atoms with Crippen molar-refractivity contribution in [1.82, 2.24) is 4.98 Å². The molecule has 0 spiro atoms. The third-order valence-corrected chi connectivity index (χ3v) is 2.14. The maximum absolute atomic E-state index is 12.6. The number of hydrogen-bond acceptors (Lipinski definition) is 3. The van der Waals surface area contributed by atoms with E-state index in [0.29, 0.717) is 5.69 Å². The molecule has 0 amide bonds. The van der Waals surface area contributed by atoms with E-state index in [0.717, 1.165) is 6.20 Å². The van der Waals surface area contributed by atoms with Crippen molar-refractivity contribution in [2.75, 3.05) is 0 Å². The second-order valence-electron chi connectivity index (χ2n) is 3.65. The lowest BCUT2D eigenvalue weighted by molar-refractivity contribution is -0.266. The van der Waals surface area contributed by atoms with Crippen molar-refractivity contribution in [3.63, 3.8) is 0 Å². The zero-order valence-electron chi connectivity index (χ0n) is 9.50. The van der Waals surface area contributed by atoms with E-state index in [1.54, 1.807) is 6.92 Å². The first kappa shape index (κ1) is 15.1. The molecule has 0 aliphatic rings. The van der Waals surface area contributed by atoms with Crippen LogP contribution in [-0.2, 0) is 4.79 Å². The van der Waals surface area contributed by atoms with Crippen molar-refractivity contribution in [3.05, 3.63) is 35.7 Å². The first-order valence-electron chi connectivity index (χ1n) is 4.88. The summed E-state index contributed by atoms with van der Waals surface area (Å²) in [5.74, 6) is -9.10. The molecule has 0 fully saturated rings. The van der Waals surface area contributed by atoms with Gasteiger partial charge in [0, 0.05) is 23.5 Å². The van der Waals surface area contributed by atoms with Gasteiger partial charge in [0.05, 0.1) is 0 Å². The van der Waals surface area contributed by atoms with Gasteiger partial charge in [-0.2, -0.15) is 22.0 Å². The Bertz CT molecular complexity index is 505. The number of aliphatic hydroxyl groups is 1. The Morgan fingerprint density at radius 3 is 2.26 bits per heavy atom. The van der Waals surface area contributed by atoms with Gasteiger partial charge in [0.1, 0.15) is 5.76 Å². The van der Waals surface area contributed by atoms with E-state index >= 15 is 0 Å². The number of aliphatic hydroxyl groups excluding tert-OH is 1. The highest BCUT2D eigenvalue weighted by molar-refractivity contribution is 6.00. The van der Waals surface area contributed by atoms with Crippen LogP contribution in [0.3, 0.4) is 0 Å². The summed E-state index contributed by atoms with van der Waals surface area (Å²) in [6, 6.07) is 2.62. The molecule has 0 aliphatic heterocycles. The lowest BCUT2D eigenvalue weighted by atomic mass is 10.1. The molecule has 1 heterocycles. The summed E-state index contributed by atoms with van der Waals surface area (Å²) < 4.78 is 60.9. The molecule has 1 rings (SSSR count). The molecule has 8 heteroatoms. The highest BCUT2D eigenvalue weighted by Crippen LogP contribution is 2.36. The first-order valence-corrected chi connectivity index (χ1v) is 4.88. The Morgan fingerprint density at radius 1 is 1.26 bits per heavy atom. The summed E-state index contributed by atoms with van der Waals surface area (Å²) in [6.07, 6.45) is -5.13. The smallest absolute Gasteiger partial charge is 0.461 e. The molecular formula is C11H8F5NO2. The monoisotopic (exact) mass is 281 g/mol. The number of halogens is 5. The largest absolute Gasteiger partial charge is 0.507 e. The van der Waals surface area contributed by atoms with Crippen molar-refractivity contribution in [3.8, 4) is 0 Å². The van der Waals surface area contributed by atoms with E-state index < -0.39 is 23.6 Å². The average Bonchev–Trinajstić information content (AvgIpc) is 2.28. The maximum Gasteiger partial charge on any atom is 0.461 e. The summed E-state index contributed by atoms with van der Waals surface area (Å²) in [4.78, 5) is 14.5. The Labute approximate surface area is 104 Å². The van der Waals surface area contributed by atoms with Crippen LogP contribution >= 0.6 is 0 Å². The van der Waals surface area contributed by atoms with Crippen LogP contribution in [0.2, 0.25) is 0 Å². The van der Waals surface area contributed by atoms with Crippen molar-refractivity contribution in [2.24, 2.45) is 0 Å². The molecule has 19 heavy (non-hydrogen) atoms. The minimum absolute atomic E-state index is 0.142. The normalized spacial score (nSPS) is 13.5. The number of aryl methyl sites for hydroxylation is 1. The number of aromatic nitrogens is 1. The lowest BCUT2D eigenvalue weighted by Crippen LogP contribution is -2.43. The molecule has 1 N–H and O–H groups in total. The molecule has 0 radical (unpaired) electrons. The highest BCUT2D eigenvalue weighted by atomic mass is 19.4. The zero-order valence-corrected chi connectivity index (χ0v) is 9.50. The summed E-state index contributed by atoms with van der Waals surface area (Å²) >= 11 is 0. The minimum atomic E-state index is -6.01. The summed E-state index contributed by atoms with van der Waals surface area (Å²) in [5.41, 5.74) is 0.403. The molecule has 1 aromatic heterocycles. The van der Waals surface area contributed by atoms with Crippen LogP contribution in [0.4, 0.5) is 22.0 Å². The molecule has 0 unspecified atom stereocenters. The molecule has 0 aromatic carbocycles. The Balaban J connectivity index is 3.03. The zero-order chi connectivity index (χ0) is 14.8. The van der Waals surface area contributed by atoms with E-state index in [1.807, 2.05) is 0 Å². The van der Waals surface area contributed by atoms with Gasteiger partial charge in [-0.05, 0) is 19.1 Å². The number of alkyl halides is 5. The van der Waals surface area contributed by atoms with Crippen LogP contribution in [0.15, 0.2) is 24.4 Å². The van der Waals surface area contributed by atoms with Crippen molar-refractivity contribution in [2.45, 2.75) is 19.0 Å². The fourth-order valence-electron chi connectivity index (χ4n) is 1.06. The predicted molar refractivity (Wildman–Crippen MR) is 55.6 cm³/mol. The highest BCUT2D eigenvalue weighted by Gasteiger charge is 2.62. The summed E-state index contributed by atoms with van der Waals surface area (Å²) in [7, 11) is 0. The average molecular weight is 281 g/mol. The number of ketones is 1. The fraction of sp³-hybridized carbons (Fsp3) is 0.273. The third-order valence-electron chi connectivity index (χ3n) is 2.14. The van der Waals surface area contributed by atoms with Crippen molar-refractivity contribution in [1.29, 1.82) is 0 Å². The molecule has 3 nitrogen and oxygen atoms in total. The number of nitrogens with zero attached hydrogens (tertiary/aromatic N) is 1. The van der Waals surface area contributed by atoms with Crippen LogP contribution in [-0.4, -0.2) is 28.0 Å². The van der Waals surface area contributed by atoms with Gasteiger partial charge in [-0.1, -0.05) is 0 Å². The van der Waals surface area contributed by atoms with Gasteiger partial charge in [-0.15, -0.1) is 0 Å². The Morgan fingerprint density at radius 2 is 1.84 bits per heavy atom. The van der Waals surface area contributed by atoms with E-state index in [9.17, 15) is 31.9 Å². The number of rotatable bonds is 3. The van der Waals surface area contributed by atoms with Gasteiger partial charge in [0.2, 0.25) is 5.78 Å². The summed E-state index contributed by atoms with van der Waals surface area (Å²) in [5, 5.41) is 9.31. The number of hydrogen-bond donors (Lipinski definition) is 1. The molecule has 0 aliphatic carbocycles. The van der Waals surface area contributed by atoms with Crippen LogP contribution < -0.4 is 0 Å². The third kappa shape index (κ3) is 3.27. The predicted octanol–water partition coefficient (Wildman–Crippen LogP) is 3.06. The quantitative estimate of drug-likeness (QED) is 0.526. The van der Waals surface area contributed by atoms with Gasteiger partial charge in [0.15, 0.2) is 0 Å². The number of carbonyl (C=O) groups is 1. The standard InChI is InChI=1S/C11H8F5NO2/c1-6-2-3-7(5-17-6)8(18)4-9(19)10(12,13)11(14,15)16/h2-5,18H,1H3/b8-4-. The van der Waals surface area contributed by atoms with Crippen LogP contribution in [0, 0.1) is 6.92 Å². The second-order valence-corrected chi connectivity index (χ2v) is 3.65. The number of carbonyl (C=O) groups excluding carboxylic acids is 1. The Hall–Kier alpha value is -1.99. The molecule has 0 saturated carbocycles. The van der Waals surface area contributed by atoms with Gasteiger partial charge < -0.3 is 5.11 Å². The van der Waals surface area contributed by atoms with Gasteiger partial charge >= 0.3 is 12.1 Å². The fourth-order valence-corrected chi connectivity index (χ4v) is 1.06. The molecule has 0 atom stereocenters. The molecule has 0 saturated heterocycles. The van der Waals surface area contributed by atoms with Crippen molar-refractivity contribution >= 4 is 11.5 Å². The topological polar surface area (TPSA) is 50.2 Å². The number of allylic oxidation sites excluding steroid dienone is 1. The van der Waals surface area contributed by atoms with Crippen LogP contribution in [0.25, 0.3) is 5.76 Å². The Kier molecular flexibility index (Phi) is 3.92. The van der Waals surface area contributed by atoms with Gasteiger partial charge in [-0.3, -0.25) is 9.78 Å². The van der Waals surface area contributed by atoms with E-state index in [-0.39, 0.29) is 11.6 Å². The second kappa shape index (κ2) is 4.94. The van der Waals surface area contributed by atoms with Crippen LogP contribution in [0.1, 0.15) is 11.3 Å². The SMILES string of the molecule is Cc1ccc(/C(O)=C/C(=O)C(F)(F)C(F)(F)F)cn1. The lowest BCUT2D eigenvalue weighted by Gasteiger charge is -2.16. The molecule has 1 aromatic rings. The maximum atomic E-state index is 12.6. The molecule has 0 bridgehead atoms. The van der Waals surface area contributed by atoms with Gasteiger partial charge in [-0.25, -0.2) is 0 Å². The van der Waals surface area contributed by atoms with Crippen LogP contribution in [0.5, 0.6) is 0 Å². The van der Waals surface area contributed by atoms with E-state index in [1.165, 1.54) is 12.1 Å². The summed E-state index contributed by atoms with van der Waals surface area (Å²) in [6.45, 7) is 1.60. The van der Waals surface area contributed by atoms with Gasteiger partial charge in [0.25, 0.3) is 0 Å². The minimum Gasteiger partial charge on any atom is -0.507 e. The van der Waals surface area contributed by atoms with E-state index in [2.05, 4.69) is 4.98 Å². The number of pyridine rings is 1. The van der Waals surface area contributed by atoms with E-state index in [4.69, 9.17) is 0 Å². The molecular weight excluding hydrogens is 273 g/mol. The molecule has 104 valence electrons.